The zero-order chi connectivity index (χ0) is 22.3. The third-order valence-electron chi connectivity index (χ3n) is 4.29. The summed E-state index contributed by atoms with van der Waals surface area (Å²) in [5.74, 6) is 0.192. The van der Waals surface area contributed by atoms with Gasteiger partial charge in [-0.15, -0.1) is 0 Å². The second kappa shape index (κ2) is 10.2. The van der Waals surface area contributed by atoms with Gasteiger partial charge in [-0.1, -0.05) is 12.1 Å². The Morgan fingerprint density at radius 1 is 1.03 bits per heavy atom. The number of carbonyl (C=O) groups is 1. The predicted octanol–water partition coefficient (Wildman–Crippen LogP) is 3.33. The standard InChI is InChI=1S/C21H20F2N2O5S/c22-21(23)30-17-7-3-15(4-8-17)11-12-24-20(26)16-5-9-19(10-6-16)31(27,28)25-14-18-2-1-13-29-18/h1-10,13,21,25H,11-12,14H2,(H,24,26). The van der Waals surface area contributed by atoms with E-state index in [1.807, 2.05) is 0 Å². The van der Waals surface area contributed by atoms with Gasteiger partial charge in [0.2, 0.25) is 10.0 Å². The molecule has 10 heteroatoms. The first-order valence-corrected chi connectivity index (χ1v) is 10.8. The van der Waals surface area contributed by atoms with Crippen molar-refractivity contribution in [2.75, 3.05) is 6.54 Å². The first-order valence-electron chi connectivity index (χ1n) is 9.27. The van der Waals surface area contributed by atoms with Crippen LogP contribution in [0.15, 0.2) is 76.2 Å². The summed E-state index contributed by atoms with van der Waals surface area (Å²) in [7, 11) is -3.74. The molecule has 0 unspecified atom stereocenters. The number of hydrogen-bond acceptors (Lipinski definition) is 5. The fourth-order valence-corrected chi connectivity index (χ4v) is 3.70. The van der Waals surface area contributed by atoms with E-state index in [2.05, 4.69) is 14.8 Å². The fraction of sp³-hybridized carbons (Fsp3) is 0.190. The number of sulfonamides is 1. The summed E-state index contributed by atoms with van der Waals surface area (Å²) >= 11 is 0. The Morgan fingerprint density at radius 3 is 2.35 bits per heavy atom. The summed E-state index contributed by atoms with van der Waals surface area (Å²) in [6, 6.07) is 15.0. The lowest BCUT2D eigenvalue weighted by atomic mass is 10.1. The number of benzene rings is 2. The number of alkyl halides is 2. The molecule has 1 amide bonds. The van der Waals surface area contributed by atoms with Gasteiger partial charge in [0, 0.05) is 12.1 Å². The van der Waals surface area contributed by atoms with Gasteiger partial charge in [-0.05, 0) is 60.5 Å². The van der Waals surface area contributed by atoms with Crippen molar-refractivity contribution < 1.29 is 31.1 Å². The quantitative estimate of drug-likeness (QED) is 0.494. The highest BCUT2D eigenvalue weighted by atomic mass is 32.2. The van der Waals surface area contributed by atoms with Crippen LogP contribution in [0.1, 0.15) is 21.7 Å². The van der Waals surface area contributed by atoms with Crippen molar-refractivity contribution in [3.05, 3.63) is 83.8 Å². The summed E-state index contributed by atoms with van der Waals surface area (Å²) in [5.41, 5.74) is 1.15. The molecule has 0 aliphatic rings. The maximum Gasteiger partial charge on any atom is 0.387 e. The maximum absolute atomic E-state index is 12.3. The fourth-order valence-electron chi connectivity index (χ4n) is 2.71. The van der Waals surface area contributed by atoms with Crippen LogP contribution in [0.2, 0.25) is 0 Å². The Balaban J connectivity index is 1.49. The van der Waals surface area contributed by atoms with Crippen molar-refractivity contribution in [2.45, 2.75) is 24.5 Å². The van der Waals surface area contributed by atoms with E-state index in [0.29, 0.717) is 24.3 Å². The van der Waals surface area contributed by atoms with Crippen LogP contribution in [0, 0.1) is 0 Å². The van der Waals surface area contributed by atoms with Gasteiger partial charge < -0.3 is 14.5 Å². The molecule has 0 aliphatic heterocycles. The molecule has 0 atom stereocenters. The number of carbonyl (C=O) groups excluding carboxylic acids is 1. The van der Waals surface area contributed by atoms with Crippen molar-refractivity contribution >= 4 is 15.9 Å². The molecule has 31 heavy (non-hydrogen) atoms. The monoisotopic (exact) mass is 450 g/mol. The molecule has 3 rings (SSSR count). The number of nitrogens with one attached hydrogen (secondary N) is 2. The van der Waals surface area contributed by atoms with E-state index in [4.69, 9.17) is 4.42 Å². The van der Waals surface area contributed by atoms with Gasteiger partial charge in [0.05, 0.1) is 17.7 Å². The molecule has 3 aromatic rings. The Hall–Kier alpha value is -3.24. The number of ether oxygens (including phenoxy) is 1. The Morgan fingerprint density at radius 2 is 1.74 bits per heavy atom. The van der Waals surface area contributed by atoms with Crippen LogP contribution in [-0.4, -0.2) is 27.5 Å². The van der Waals surface area contributed by atoms with Gasteiger partial charge in [0.15, 0.2) is 0 Å². The van der Waals surface area contributed by atoms with Crippen molar-refractivity contribution in [1.29, 1.82) is 0 Å². The number of hydrogen-bond donors (Lipinski definition) is 2. The van der Waals surface area contributed by atoms with E-state index in [0.717, 1.165) is 5.56 Å². The molecule has 0 spiro atoms. The highest BCUT2D eigenvalue weighted by Crippen LogP contribution is 2.15. The van der Waals surface area contributed by atoms with Crippen LogP contribution in [0.4, 0.5) is 8.78 Å². The summed E-state index contributed by atoms with van der Waals surface area (Å²) in [4.78, 5) is 12.3. The number of rotatable bonds is 10. The molecule has 164 valence electrons. The van der Waals surface area contributed by atoms with E-state index >= 15 is 0 Å². The molecule has 1 aromatic heterocycles. The van der Waals surface area contributed by atoms with Crippen molar-refractivity contribution in [3.63, 3.8) is 0 Å². The van der Waals surface area contributed by atoms with Crippen LogP contribution in [0.5, 0.6) is 5.75 Å². The van der Waals surface area contributed by atoms with Crippen LogP contribution in [-0.2, 0) is 23.0 Å². The lowest BCUT2D eigenvalue weighted by Gasteiger charge is -2.08. The van der Waals surface area contributed by atoms with Crippen LogP contribution in [0.3, 0.4) is 0 Å². The predicted molar refractivity (Wildman–Crippen MR) is 108 cm³/mol. The third kappa shape index (κ3) is 6.63. The molecule has 2 aromatic carbocycles. The van der Waals surface area contributed by atoms with Gasteiger partial charge >= 0.3 is 6.61 Å². The lowest BCUT2D eigenvalue weighted by Crippen LogP contribution is -2.26. The molecule has 0 bridgehead atoms. The first kappa shape index (κ1) is 22.4. The highest BCUT2D eigenvalue weighted by Gasteiger charge is 2.15. The van der Waals surface area contributed by atoms with Gasteiger partial charge in [0.1, 0.15) is 11.5 Å². The average Bonchev–Trinajstić information content (AvgIpc) is 3.27. The smallest absolute Gasteiger partial charge is 0.387 e. The van der Waals surface area contributed by atoms with Gasteiger partial charge in [-0.25, -0.2) is 13.1 Å². The minimum Gasteiger partial charge on any atom is -0.468 e. The second-order valence-corrected chi connectivity index (χ2v) is 8.22. The normalized spacial score (nSPS) is 11.5. The Bertz CT molecular complexity index is 1080. The Kier molecular flexibility index (Phi) is 7.37. The summed E-state index contributed by atoms with van der Waals surface area (Å²) in [6.45, 7) is -2.54. The van der Waals surface area contributed by atoms with Gasteiger partial charge in [-0.3, -0.25) is 4.79 Å². The minimum atomic E-state index is -3.74. The van der Waals surface area contributed by atoms with Crippen LogP contribution in [0.25, 0.3) is 0 Å². The number of furan rings is 1. The zero-order valence-corrected chi connectivity index (χ0v) is 17.1. The zero-order valence-electron chi connectivity index (χ0n) is 16.3. The van der Waals surface area contributed by atoms with Crippen LogP contribution >= 0.6 is 0 Å². The molecule has 1 heterocycles. The van der Waals surface area contributed by atoms with E-state index < -0.39 is 16.6 Å². The SMILES string of the molecule is O=C(NCCc1ccc(OC(F)F)cc1)c1ccc(S(=O)(=O)NCc2ccco2)cc1. The topological polar surface area (TPSA) is 97.6 Å². The molecule has 7 nitrogen and oxygen atoms in total. The molecule has 0 saturated carbocycles. The Labute approximate surface area is 178 Å². The highest BCUT2D eigenvalue weighted by molar-refractivity contribution is 7.89. The summed E-state index contributed by atoms with van der Waals surface area (Å²) in [5, 5.41) is 2.73. The lowest BCUT2D eigenvalue weighted by molar-refractivity contribution is -0.0498. The van der Waals surface area contributed by atoms with Crippen molar-refractivity contribution in [2.24, 2.45) is 0 Å². The molecule has 0 radical (unpaired) electrons. The number of halogens is 2. The minimum absolute atomic E-state index is 0.0206. The first-order chi connectivity index (χ1) is 14.8. The summed E-state index contributed by atoms with van der Waals surface area (Å²) < 4.78 is 60.7. The summed E-state index contributed by atoms with van der Waals surface area (Å²) in [6.07, 6.45) is 1.94. The van der Waals surface area contributed by atoms with E-state index in [1.165, 1.54) is 42.7 Å². The molecular formula is C21H20F2N2O5S. The largest absolute Gasteiger partial charge is 0.468 e. The van der Waals surface area contributed by atoms with E-state index in [1.54, 1.807) is 24.3 Å². The number of amides is 1. The average molecular weight is 450 g/mol. The molecular weight excluding hydrogens is 430 g/mol. The van der Waals surface area contributed by atoms with Crippen molar-refractivity contribution in [3.8, 4) is 5.75 Å². The van der Waals surface area contributed by atoms with Crippen molar-refractivity contribution in [1.82, 2.24) is 10.0 Å². The van der Waals surface area contributed by atoms with Gasteiger partial charge in [0.25, 0.3) is 5.91 Å². The molecule has 0 aliphatic carbocycles. The van der Waals surface area contributed by atoms with E-state index in [-0.39, 0.29) is 23.1 Å². The molecule has 2 N–H and O–H groups in total. The molecule has 0 fully saturated rings. The molecule has 0 saturated heterocycles. The van der Waals surface area contributed by atoms with Crippen LogP contribution < -0.4 is 14.8 Å². The van der Waals surface area contributed by atoms with Gasteiger partial charge in [-0.2, -0.15) is 8.78 Å². The van der Waals surface area contributed by atoms with E-state index in [9.17, 15) is 22.0 Å². The second-order valence-electron chi connectivity index (χ2n) is 6.46. The third-order valence-corrected chi connectivity index (χ3v) is 5.71. The maximum atomic E-state index is 12.3.